The summed E-state index contributed by atoms with van der Waals surface area (Å²) in [6.45, 7) is 0.820. The molecule has 16 heavy (non-hydrogen) atoms. The molecule has 88 valence electrons. The summed E-state index contributed by atoms with van der Waals surface area (Å²) in [5, 5.41) is 2.92. The van der Waals surface area contributed by atoms with Gasteiger partial charge in [-0.3, -0.25) is 0 Å². The van der Waals surface area contributed by atoms with E-state index in [9.17, 15) is 8.78 Å². The van der Waals surface area contributed by atoms with Gasteiger partial charge in [0.05, 0.1) is 6.61 Å². The molecule has 0 radical (unpaired) electrons. The maximum Gasteiger partial charge on any atom is 0.276 e. The first-order valence-electron chi connectivity index (χ1n) is 5.42. The zero-order valence-corrected chi connectivity index (χ0v) is 8.96. The van der Waals surface area contributed by atoms with Crippen LogP contribution < -0.4 is 5.32 Å². The molecule has 1 saturated heterocycles. The van der Waals surface area contributed by atoms with Crippen molar-refractivity contribution in [1.29, 1.82) is 0 Å². The summed E-state index contributed by atoms with van der Waals surface area (Å²) >= 11 is 0. The van der Waals surface area contributed by atoms with Crippen molar-refractivity contribution < 1.29 is 13.5 Å². The van der Waals surface area contributed by atoms with E-state index in [0.717, 1.165) is 5.56 Å². The molecule has 0 bridgehead atoms. The SMILES string of the molecule is FC1(F)CCNCC1OCc1ccccc1. The topological polar surface area (TPSA) is 21.3 Å². The standard InChI is InChI=1S/C12H15F2NO/c13-12(14)6-7-15-8-11(12)16-9-10-4-2-1-3-5-10/h1-5,11,15H,6-9H2. The number of benzene rings is 1. The molecule has 1 atom stereocenters. The summed E-state index contributed by atoms with van der Waals surface area (Å²) < 4.78 is 32.1. The van der Waals surface area contributed by atoms with Gasteiger partial charge >= 0.3 is 0 Å². The molecule has 0 spiro atoms. The molecule has 1 N–H and O–H groups in total. The molecule has 1 fully saturated rings. The lowest BCUT2D eigenvalue weighted by Crippen LogP contribution is -2.49. The fourth-order valence-corrected chi connectivity index (χ4v) is 1.75. The van der Waals surface area contributed by atoms with Crippen molar-refractivity contribution in [3.8, 4) is 0 Å². The van der Waals surface area contributed by atoms with Crippen molar-refractivity contribution in [2.75, 3.05) is 13.1 Å². The van der Waals surface area contributed by atoms with Gasteiger partial charge in [0.2, 0.25) is 0 Å². The molecular formula is C12H15F2NO. The molecule has 1 aliphatic rings. The second kappa shape index (κ2) is 4.89. The normalized spacial score (nSPS) is 24.2. The van der Waals surface area contributed by atoms with Crippen LogP contribution in [0.3, 0.4) is 0 Å². The molecule has 0 aliphatic carbocycles. The summed E-state index contributed by atoms with van der Waals surface area (Å²) in [4.78, 5) is 0. The van der Waals surface area contributed by atoms with Crippen molar-refractivity contribution in [3.63, 3.8) is 0 Å². The molecule has 0 saturated carbocycles. The summed E-state index contributed by atoms with van der Waals surface area (Å²) in [6, 6.07) is 9.37. The van der Waals surface area contributed by atoms with E-state index in [0.29, 0.717) is 6.54 Å². The van der Waals surface area contributed by atoms with Gasteiger partial charge in [0, 0.05) is 19.5 Å². The zero-order valence-electron chi connectivity index (χ0n) is 8.96. The number of hydrogen-bond acceptors (Lipinski definition) is 2. The molecule has 1 heterocycles. The highest BCUT2D eigenvalue weighted by Gasteiger charge is 2.42. The fraction of sp³-hybridized carbons (Fsp3) is 0.500. The molecule has 1 aliphatic heterocycles. The third-order valence-electron chi connectivity index (χ3n) is 2.73. The minimum absolute atomic E-state index is 0.146. The van der Waals surface area contributed by atoms with Gasteiger partial charge < -0.3 is 10.1 Å². The van der Waals surface area contributed by atoms with Crippen LogP contribution >= 0.6 is 0 Å². The summed E-state index contributed by atoms with van der Waals surface area (Å²) in [7, 11) is 0. The highest BCUT2D eigenvalue weighted by Crippen LogP contribution is 2.27. The number of piperidine rings is 1. The Bertz CT molecular complexity index is 329. The van der Waals surface area contributed by atoms with Crippen molar-refractivity contribution in [2.45, 2.75) is 25.1 Å². The van der Waals surface area contributed by atoms with Crippen LogP contribution in [0.15, 0.2) is 30.3 Å². The first-order valence-corrected chi connectivity index (χ1v) is 5.42. The Balaban J connectivity index is 1.90. The first kappa shape index (κ1) is 11.5. The Morgan fingerprint density at radius 1 is 1.31 bits per heavy atom. The quantitative estimate of drug-likeness (QED) is 0.854. The van der Waals surface area contributed by atoms with Crippen molar-refractivity contribution in [2.24, 2.45) is 0 Å². The van der Waals surface area contributed by atoms with E-state index in [1.807, 2.05) is 30.3 Å². The van der Waals surface area contributed by atoms with Crippen LogP contribution in [0, 0.1) is 0 Å². The van der Waals surface area contributed by atoms with E-state index in [2.05, 4.69) is 5.32 Å². The van der Waals surface area contributed by atoms with E-state index < -0.39 is 12.0 Å². The van der Waals surface area contributed by atoms with Gasteiger partial charge in [-0.2, -0.15) is 0 Å². The van der Waals surface area contributed by atoms with Gasteiger partial charge in [-0.15, -0.1) is 0 Å². The van der Waals surface area contributed by atoms with Gasteiger partial charge in [0.1, 0.15) is 6.10 Å². The number of hydrogen-bond donors (Lipinski definition) is 1. The van der Waals surface area contributed by atoms with Crippen LogP contribution in [-0.4, -0.2) is 25.1 Å². The van der Waals surface area contributed by atoms with Gasteiger partial charge in [0.15, 0.2) is 0 Å². The van der Waals surface area contributed by atoms with E-state index in [-0.39, 0.29) is 19.6 Å². The lowest BCUT2D eigenvalue weighted by atomic mass is 10.1. The lowest BCUT2D eigenvalue weighted by Gasteiger charge is -2.31. The van der Waals surface area contributed by atoms with Crippen LogP contribution in [0.2, 0.25) is 0 Å². The minimum atomic E-state index is -2.71. The van der Waals surface area contributed by atoms with Gasteiger partial charge in [-0.1, -0.05) is 30.3 Å². The van der Waals surface area contributed by atoms with Crippen LogP contribution in [0.25, 0.3) is 0 Å². The van der Waals surface area contributed by atoms with E-state index in [1.54, 1.807) is 0 Å². The average molecular weight is 227 g/mol. The third kappa shape index (κ3) is 2.77. The van der Waals surface area contributed by atoms with Crippen molar-refractivity contribution >= 4 is 0 Å². The molecular weight excluding hydrogens is 212 g/mol. The molecule has 0 aromatic heterocycles. The molecule has 0 amide bonds. The maximum absolute atomic E-state index is 13.4. The Morgan fingerprint density at radius 2 is 2.06 bits per heavy atom. The highest BCUT2D eigenvalue weighted by molar-refractivity contribution is 5.13. The zero-order chi connectivity index (χ0) is 11.4. The number of halogens is 2. The molecule has 4 heteroatoms. The monoisotopic (exact) mass is 227 g/mol. The van der Waals surface area contributed by atoms with Gasteiger partial charge in [-0.05, 0) is 5.56 Å². The maximum atomic E-state index is 13.4. The largest absolute Gasteiger partial charge is 0.366 e. The van der Waals surface area contributed by atoms with Crippen LogP contribution in [0.4, 0.5) is 8.78 Å². The highest BCUT2D eigenvalue weighted by atomic mass is 19.3. The Kier molecular flexibility index (Phi) is 3.51. The third-order valence-corrected chi connectivity index (χ3v) is 2.73. The van der Waals surface area contributed by atoms with Crippen molar-refractivity contribution in [1.82, 2.24) is 5.32 Å². The predicted octanol–water partition coefficient (Wildman–Crippen LogP) is 2.20. The van der Waals surface area contributed by atoms with Crippen LogP contribution in [0.1, 0.15) is 12.0 Å². The summed E-state index contributed by atoms with van der Waals surface area (Å²) in [5.41, 5.74) is 0.920. The van der Waals surface area contributed by atoms with Gasteiger partial charge in [0.25, 0.3) is 5.92 Å². The smallest absolute Gasteiger partial charge is 0.276 e. The molecule has 1 aromatic rings. The molecule has 1 unspecified atom stereocenters. The Hall–Kier alpha value is -1.00. The number of nitrogens with one attached hydrogen (secondary N) is 1. The van der Waals surface area contributed by atoms with Gasteiger partial charge in [-0.25, -0.2) is 8.78 Å². The second-order valence-electron chi connectivity index (χ2n) is 4.00. The Morgan fingerprint density at radius 3 is 2.75 bits per heavy atom. The lowest BCUT2D eigenvalue weighted by molar-refractivity contribution is -0.155. The van der Waals surface area contributed by atoms with Crippen LogP contribution in [0.5, 0.6) is 0 Å². The van der Waals surface area contributed by atoms with E-state index >= 15 is 0 Å². The average Bonchev–Trinajstić information content (AvgIpc) is 2.28. The molecule has 1 aromatic carbocycles. The first-order chi connectivity index (χ1) is 7.68. The number of alkyl halides is 2. The Labute approximate surface area is 93.6 Å². The summed E-state index contributed by atoms with van der Waals surface area (Å²) in [6.07, 6.45) is -1.16. The predicted molar refractivity (Wildman–Crippen MR) is 57.5 cm³/mol. The van der Waals surface area contributed by atoms with E-state index in [1.165, 1.54) is 0 Å². The summed E-state index contributed by atoms with van der Waals surface area (Å²) in [5.74, 6) is -2.71. The second-order valence-corrected chi connectivity index (χ2v) is 4.00. The molecule has 2 rings (SSSR count). The van der Waals surface area contributed by atoms with Crippen molar-refractivity contribution in [3.05, 3.63) is 35.9 Å². The number of ether oxygens (including phenoxy) is 1. The minimum Gasteiger partial charge on any atom is -0.366 e. The van der Waals surface area contributed by atoms with E-state index in [4.69, 9.17) is 4.74 Å². The number of rotatable bonds is 3. The molecule has 2 nitrogen and oxygen atoms in total. The van der Waals surface area contributed by atoms with Crippen LogP contribution in [-0.2, 0) is 11.3 Å². The fourth-order valence-electron chi connectivity index (χ4n) is 1.75.